The molecule has 1 unspecified atom stereocenters. The second-order valence-corrected chi connectivity index (χ2v) is 5.98. The van der Waals surface area contributed by atoms with Gasteiger partial charge in [0, 0.05) is 0 Å². The summed E-state index contributed by atoms with van der Waals surface area (Å²) in [5.74, 6) is 0.253. The number of hydrogen-bond acceptors (Lipinski definition) is 2. The molecule has 4 nitrogen and oxygen atoms in total. The quantitative estimate of drug-likeness (QED) is 0.470. The lowest BCUT2D eigenvalue weighted by Crippen LogP contribution is -2.25. The van der Waals surface area contributed by atoms with Crippen molar-refractivity contribution < 1.29 is 35.4 Å². The Kier molecular flexibility index (Phi) is 6.55. The van der Waals surface area contributed by atoms with Crippen molar-refractivity contribution in [3.8, 4) is 0 Å². The van der Waals surface area contributed by atoms with E-state index in [-0.39, 0.29) is 22.9 Å². The Balaban J connectivity index is 0.000000537. The van der Waals surface area contributed by atoms with Crippen molar-refractivity contribution in [3.63, 3.8) is 0 Å². The van der Waals surface area contributed by atoms with Gasteiger partial charge in [-0.3, -0.25) is 10.1 Å². The molecule has 3 rings (SSSR count). The largest absolute Gasteiger partial charge is 0.673 e. The first-order chi connectivity index (χ1) is 13.3. The third-order valence-electron chi connectivity index (χ3n) is 3.75. The van der Waals surface area contributed by atoms with Gasteiger partial charge < -0.3 is 17.3 Å². The van der Waals surface area contributed by atoms with Gasteiger partial charge in [-0.05, 0) is 30.7 Å². The van der Waals surface area contributed by atoms with Gasteiger partial charge in [0.1, 0.15) is 5.52 Å². The maximum Gasteiger partial charge on any atom is 0.673 e. The van der Waals surface area contributed by atoms with Crippen LogP contribution in [0, 0.1) is 0 Å². The number of alkyl halides is 3. The van der Waals surface area contributed by atoms with Crippen LogP contribution in [0.15, 0.2) is 53.3 Å². The number of aromatic nitrogens is 2. The second kappa shape index (κ2) is 8.54. The molecule has 0 aliphatic rings. The Hall–Kier alpha value is -3.05. The number of hydrogen-bond donors (Lipinski definition) is 2. The van der Waals surface area contributed by atoms with Crippen molar-refractivity contribution in [2.75, 3.05) is 5.32 Å². The van der Waals surface area contributed by atoms with Crippen LogP contribution in [-0.4, -0.2) is 12.2 Å². The summed E-state index contributed by atoms with van der Waals surface area (Å²) in [5.41, 5.74) is -0.161. The Labute approximate surface area is 159 Å². The number of rotatable bonds is 3. The molecule has 0 amide bonds. The minimum absolute atomic E-state index is 0.122. The van der Waals surface area contributed by atoms with Gasteiger partial charge in [-0.1, -0.05) is 30.3 Å². The third-order valence-corrected chi connectivity index (χ3v) is 3.75. The standard InChI is InChI=1S/C17H14F3N3O.BF4/c1-10(11-5-3-2-4-6-11)21-16-22-14-9-12(17(18,19)20)7-8-13(14)15(24)23-16;2-1(3,4)5/h2-10H,1H3,(H2,21,22,23,24);/q;-1/p+1. The molecule has 12 heteroatoms. The fourth-order valence-electron chi connectivity index (χ4n) is 2.48. The number of nitrogens with one attached hydrogen (secondary N) is 3. The van der Waals surface area contributed by atoms with Crippen LogP contribution < -0.4 is 15.9 Å². The van der Waals surface area contributed by atoms with Gasteiger partial charge in [0.05, 0.1) is 17.0 Å². The van der Waals surface area contributed by atoms with Crippen molar-refractivity contribution in [2.24, 2.45) is 0 Å². The number of anilines is 1. The zero-order chi connectivity index (χ0) is 21.8. The van der Waals surface area contributed by atoms with Crippen molar-refractivity contribution in [1.82, 2.24) is 4.98 Å². The number of fused-ring (bicyclic) bond motifs is 1. The number of halogens is 7. The van der Waals surface area contributed by atoms with Crippen LogP contribution in [0.25, 0.3) is 10.9 Å². The molecule has 3 aromatic rings. The predicted octanol–water partition coefficient (Wildman–Crippen LogP) is 4.83. The highest BCUT2D eigenvalue weighted by atomic mass is 19.5. The topological polar surface area (TPSA) is 59.0 Å². The minimum atomic E-state index is -6.00. The molecule has 1 heterocycles. The Bertz CT molecular complexity index is 1010. The number of H-pyrrole nitrogens is 2. The van der Waals surface area contributed by atoms with E-state index in [9.17, 15) is 35.2 Å². The number of benzene rings is 2. The van der Waals surface area contributed by atoms with Crippen LogP contribution in [0.2, 0.25) is 0 Å². The highest BCUT2D eigenvalue weighted by molar-refractivity contribution is 6.50. The maximum absolute atomic E-state index is 12.8. The van der Waals surface area contributed by atoms with Gasteiger partial charge in [-0.15, -0.1) is 0 Å². The predicted molar refractivity (Wildman–Crippen MR) is 94.8 cm³/mol. The van der Waals surface area contributed by atoms with E-state index in [1.54, 1.807) is 0 Å². The van der Waals surface area contributed by atoms with Crippen LogP contribution in [0.5, 0.6) is 0 Å². The average molecular weight is 421 g/mol. The molecule has 0 radical (unpaired) electrons. The van der Waals surface area contributed by atoms with E-state index in [2.05, 4.69) is 15.3 Å². The minimum Gasteiger partial charge on any atom is -0.418 e. The molecule has 0 bridgehead atoms. The first-order valence-electron chi connectivity index (χ1n) is 8.20. The summed E-state index contributed by atoms with van der Waals surface area (Å²) < 4.78 is 77.5. The summed E-state index contributed by atoms with van der Waals surface area (Å²) in [6, 6.07) is 12.3. The van der Waals surface area contributed by atoms with E-state index in [0.717, 1.165) is 23.8 Å². The van der Waals surface area contributed by atoms with E-state index in [1.165, 1.54) is 0 Å². The van der Waals surface area contributed by atoms with Gasteiger partial charge in [0.2, 0.25) is 0 Å². The molecule has 29 heavy (non-hydrogen) atoms. The first kappa shape index (κ1) is 22.2. The molecule has 1 atom stereocenters. The highest BCUT2D eigenvalue weighted by Gasteiger charge is 2.31. The van der Waals surface area contributed by atoms with Gasteiger partial charge >= 0.3 is 24.9 Å². The molecule has 0 fully saturated rings. The van der Waals surface area contributed by atoms with Gasteiger partial charge in [-0.2, -0.15) is 13.2 Å². The maximum atomic E-state index is 12.8. The highest BCUT2D eigenvalue weighted by Crippen LogP contribution is 2.30. The Morgan fingerprint density at radius 2 is 1.62 bits per heavy atom. The summed E-state index contributed by atoms with van der Waals surface area (Å²) in [6.07, 6.45) is -4.46. The smallest absolute Gasteiger partial charge is 0.418 e. The summed E-state index contributed by atoms with van der Waals surface area (Å²) in [7, 11) is -6.00. The molecular weight excluding hydrogens is 406 g/mol. The molecular formula is C17H15BF7N3O. The molecule has 0 spiro atoms. The Morgan fingerprint density at radius 1 is 1.03 bits per heavy atom. The molecule has 0 aliphatic carbocycles. The summed E-state index contributed by atoms with van der Waals surface area (Å²) in [4.78, 5) is 17.5. The molecule has 1 aromatic heterocycles. The normalized spacial score (nSPS) is 12.8. The van der Waals surface area contributed by atoms with E-state index >= 15 is 0 Å². The van der Waals surface area contributed by atoms with Gasteiger partial charge in [-0.25, -0.2) is 9.97 Å². The lowest BCUT2D eigenvalue weighted by Gasteiger charge is -2.10. The fraction of sp³-hybridized carbons (Fsp3) is 0.176. The molecule has 2 aromatic carbocycles. The summed E-state index contributed by atoms with van der Waals surface area (Å²) in [5, 5.41) is 3.22. The average Bonchev–Trinajstić information content (AvgIpc) is 2.60. The van der Waals surface area contributed by atoms with Gasteiger partial charge in [0.25, 0.3) is 0 Å². The van der Waals surface area contributed by atoms with Crippen LogP contribution >= 0.6 is 0 Å². The molecule has 156 valence electrons. The van der Waals surface area contributed by atoms with Crippen LogP contribution in [-0.2, 0) is 6.18 Å². The molecule has 0 saturated heterocycles. The lowest BCUT2D eigenvalue weighted by molar-refractivity contribution is -0.332. The van der Waals surface area contributed by atoms with Crippen molar-refractivity contribution in [2.45, 2.75) is 19.1 Å². The Morgan fingerprint density at radius 3 is 2.17 bits per heavy atom. The first-order valence-corrected chi connectivity index (χ1v) is 8.20. The molecule has 3 N–H and O–H groups in total. The van der Waals surface area contributed by atoms with E-state index in [4.69, 9.17) is 0 Å². The fourth-order valence-corrected chi connectivity index (χ4v) is 2.48. The number of aromatic amines is 2. The third kappa shape index (κ3) is 6.81. The van der Waals surface area contributed by atoms with E-state index in [0.29, 0.717) is 0 Å². The SMILES string of the molecule is CC(Nc1[nH]c(=O)c2ccc(C(F)(F)F)cc2[nH+]1)c1ccccc1.F[B-](F)(F)F. The lowest BCUT2D eigenvalue weighted by atomic mass is 10.1. The van der Waals surface area contributed by atoms with Gasteiger partial charge in [0.15, 0.2) is 0 Å². The van der Waals surface area contributed by atoms with Crippen molar-refractivity contribution in [3.05, 3.63) is 70.0 Å². The summed E-state index contributed by atoms with van der Waals surface area (Å²) >= 11 is 0. The van der Waals surface area contributed by atoms with Crippen LogP contribution in [0.3, 0.4) is 0 Å². The second-order valence-electron chi connectivity index (χ2n) is 5.98. The van der Waals surface area contributed by atoms with Crippen molar-refractivity contribution >= 4 is 24.1 Å². The monoisotopic (exact) mass is 421 g/mol. The zero-order valence-corrected chi connectivity index (χ0v) is 14.8. The van der Waals surface area contributed by atoms with Crippen LogP contribution in [0.4, 0.5) is 36.4 Å². The van der Waals surface area contributed by atoms with Crippen LogP contribution in [0.1, 0.15) is 24.1 Å². The molecule has 0 aliphatic heterocycles. The zero-order valence-electron chi connectivity index (χ0n) is 14.8. The molecule has 0 saturated carbocycles. The van der Waals surface area contributed by atoms with E-state index in [1.807, 2.05) is 37.3 Å². The van der Waals surface area contributed by atoms with Crippen molar-refractivity contribution in [1.29, 1.82) is 0 Å². The van der Waals surface area contributed by atoms with E-state index < -0.39 is 24.6 Å². The summed E-state index contributed by atoms with van der Waals surface area (Å²) in [6.45, 7) is 1.89.